The molecule has 0 spiro atoms. The second kappa shape index (κ2) is 46.5. The number of hydrogen-bond donors (Lipinski definition) is 0. The lowest BCUT2D eigenvalue weighted by Crippen LogP contribution is -2.30. The summed E-state index contributed by atoms with van der Waals surface area (Å²) in [5.74, 6) is -0.932. The molecule has 0 aliphatic rings. The molecule has 0 aromatic carbocycles. The Labute approximate surface area is 357 Å². The van der Waals surface area contributed by atoms with Gasteiger partial charge in [-0.3, -0.25) is 14.4 Å². The Bertz CT molecular complexity index is 1110. The Balaban J connectivity index is 4.31. The summed E-state index contributed by atoms with van der Waals surface area (Å²) in [6.45, 7) is 6.40. The number of ether oxygens (including phenoxy) is 3. The van der Waals surface area contributed by atoms with Crippen molar-refractivity contribution in [2.75, 3.05) is 13.2 Å². The second-order valence-electron chi connectivity index (χ2n) is 15.6. The van der Waals surface area contributed by atoms with E-state index in [1.165, 1.54) is 70.6 Å². The first-order valence-electron chi connectivity index (χ1n) is 23.9. The highest BCUT2D eigenvalue weighted by atomic mass is 16.6. The van der Waals surface area contributed by atoms with Crippen molar-refractivity contribution in [2.24, 2.45) is 0 Å². The van der Waals surface area contributed by atoms with Crippen LogP contribution in [0, 0.1) is 0 Å². The third-order valence-corrected chi connectivity index (χ3v) is 9.95. The van der Waals surface area contributed by atoms with Crippen LogP contribution in [0.1, 0.15) is 220 Å². The molecule has 0 aliphatic carbocycles. The average molecular weight is 809 g/mol. The summed E-state index contributed by atoms with van der Waals surface area (Å²) in [6.07, 6.45) is 57.6. The average Bonchev–Trinajstić information content (AvgIpc) is 3.22. The Morgan fingerprint density at radius 2 is 0.672 bits per heavy atom. The summed E-state index contributed by atoms with van der Waals surface area (Å²) in [5, 5.41) is 0. The van der Waals surface area contributed by atoms with Gasteiger partial charge >= 0.3 is 17.9 Å². The summed E-state index contributed by atoms with van der Waals surface area (Å²) < 4.78 is 16.6. The van der Waals surface area contributed by atoms with Gasteiger partial charge in [0.15, 0.2) is 6.10 Å². The normalized spacial score (nSPS) is 12.7. The van der Waals surface area contributed by atoms with Crippen molar-refractivity contribution in [3.8, 4) is 0 Å². The van der Waals surface area contributed by atoms with Crippen molar-refractivity contribution < 1.29 is 28.6 Å². The van der Waals surface area contributed by atoms with Gasteiger partial charge in [0, 0.05) is 19.3 Å². The van der Waals surface area contributed by atoms with Crippen molar-refractivity contribution in [2.45, 2.75) is 226 Å². The van der Waals surface area contributed by atoms with Crippen LogP contribution in [-0.2, 0) is 28.6 Å². The first kappa shape index (κ1) is 54.9. The van der Waals surface area contributed by atoms with E-state index in [1.54, 1.807) is 0 Å². The Hall–Kier alpha value is -3.15. The molecule has 6 nitrogen and oxygen atoms in total. The lowest BCUT2D eigenvalue weighted by molar-refractivity contribution is -0.167. The molecule has 0 aromatic rings. The molecular weight excluding hydrogens is 721 g/mol. The van der Waals surface area contributed by atoms with Crippen LogP contribution in [0.25, 0.3) is 0 Å². The third kappa shape index (κ3) is 44.0. The van der Waals surface area contributed by atoms with E-state index in [-0.39, 0.29) is 31.1 Å². The van der Waals surface area contributed by atoms with Crippen LogP contribution in [0.4, 0.5) is 0 Å². The van der Waals surface area contributed by atoms with Gasteiger partial charge in [-0.15, -0.1) is 0 Å². The van der Waals surface area contributed by atoms with Crippen LogP contribution in [0.15, 0.2) is 72.9 Å². The number of rotatable bonds is 42. The fourth-order valence-electron chi connectivity index (χ4n) is 6.34. The number of hydrogen-bond acceptors (Lipinski definition) is 6. The van der Waals surface area contributed by atoms with Gasteiger partial charge in [-0.25, -0.2) is 0 Å². The zero-order valence-corrected chi connectivity index (χ0v) is 37.8. The van der Waals surface area contributed by atoms with Crippen LogP contribution in [0.2, 0.25) is 0 Å². The molecule has 1 atom stereocenters. The van der Waals surface area contributed by atoms with E-state index in [0.717, 1.165) is 109 Å². The number of carbonyl (C=O) groups is 3. The first-order valence-corrected chi connectivity index (χ1v) is 23.9. The van der Waals surface area contributed by atoms with Crippen LogP contribution in [0.5, 0.6) is 0 Å². The zero-order chi connectivity index (χ0) is 42.3. The topological polar surface area (TPSA) is 78.9 Å². The molecule has 0 rings (SSSR count). The minimum Gasteiger partial charge on any atom is -0.462 e. The molecule has 0 radical (unpaired) electrons. The van der Waals surface area contributed by atoms with Gasteiger partial charge in [0.05, 0.1) is 0 Å². The highest BCUT2D eigenvalue weighted by Gasteiger charge is 2.19. The lowest BCUT2D eigenvalue weighted by Gasteiger charge is -2.18. The number of esters is 3. The van der Waals surface area contributed by atoms with Crippen molar-refractivity contribution >= 4 is 17.9 Å². The summed E-state index contributed by atoms with van der Waals surface area (Å²) in [4.78, 5) is 37.6. The summed E-state index contributed by atoms with van der Waals surface area (Å²) in [6, 6.07) is 0. The van der Waals surface area contributed by atoms with Gasteiger partial charge < -0.3 is 14.2 Å². The van der Waals surface area contributed by atoms with E-state index in [0.29, 0.717) is 19.3 Å². The molecule has 6 heteroatoms. The first-order chi connectivity index (χ1) is 28.5. The molecular formula is C52H88O6. The van der Waals surface area contributed by atoms with Gasteiger partial charge in [-0.1, -0.05) is 184 Å². The maximum atomic E-state index is 12.7. The minimum absolute atomic E-state index is 0.0874. The molecule has 0 amide bonds. The summed E-state index contributed by atoms with van der Waals surface area (Å²) in [5.41, 5.74) is 0. The SMILES string of the molecule is CC/C=C\C/C=C\C/C=C\C/C=C\CCCCCCC(=O)OCC(COC(=O)CCCCCCCC)OC(=O)CCCCCCCCC/C=C\C/C=C\CCCCC. The maximum Gasteiger partial charge on any atom is 0.306 e. The number of unbranched alkanes of at least 4 members (excludes halogenated alkanes) is 19. The third-order valence-electron chi connectivity index (χ3n) is 9.95. The number of allylic oxidation sites excluding steroid dienone is 12. The van der Waals surface area contributed by atoms with E-state index in [1.807, 2.05) is 0 Å². The molecule has 0 heterocycles. The molecule has 332 valence electrons. The Morgan fingerprint density at radius 3 is 1.09 bits per heavy atom. The van der Waals surface area contributed by atoms with E-state index in [4.69, 9.17) is 14.2 Å². The summed E-state index contributed by atoms with van der Waals surface area (Å²) >= 11 is 0. The molecule has 0 fully saturated rings. The van der Waals surface area contributed by atoms with E-state index in [2.05, 4.69) is 93.7 Å². The zero-order valence-electron chi connectivity index (χ0n) is 37.8. The van der Waals surface area contributed by atoms with Gasteiger partial charge in [0.2, 0.25) is 0 Å². The highest BCUT2D eigenvalue weighted by molar-refractivity contribution is 5.71. The van der Waals surface area contributed by atoms with E-state index < -0.39 is 6.10 Å². The van der Waals surface area contributed by atoms with Crippen molar-refractivity contribution in [1.29, 1.82) is 0 Å². The van der Waals surface area contributed by atoms with Gasteiger partial charge in [-0.05, 0) is 89.9 Å². The molecule has 0 aromatic heterocycles. The fraction of sp³-hybridized carbons (Fsp3) is 0.712. The largest absolute Gasteiger partial charge is 0.462 e. The second-order valence-corrected chi connectivity index (χ2v) is 15.6. The van der Waals surface area contributed by atoms with Crippen molar-refractivity contribution in [1.82, 2.24) is 0 Å². The van der Waals surface area contributed by atoms with E-state index >= 15 is 0 Å². The van der Waals surface area contributed by atoms with Crippen LogP contribution in [0.3, 0.4) is 0 Å². The quantitative estimate of drug-likeness (QED) is 0.0264. The van der Waals surface area contributed by atoms with Gasteiger partial charge in [0.25, 0.3) is 0 Å². The minimum atomic E-state index is -0.785. The molecule has 0 saturated carbocycles. The molecule has 0 bridgehead atoms. The summed E-state index contributed by atoms with van der Waals surface area (Å²) in [7, 11) is 0. The maximum absolute atomic E-state index is 12.7. The van der Waals surface area contributed by atoms with Gasteiger partial charge in [0.1, 0.15) is 13.2 Å². The molecule has 0 aliphatic heterocycles. The van der Waals surface area contributed by atoms with Crippen LogP contribution >= 0.6 is 0 Å². The van der Waals surface area contributed by atoms with E-state index in [9.17, 15) is 14.4 Å². The molecule has 0 N–H and O–H groups in total. The van der Waals surface area contributed by atoms with Crippen molar-refractivity contribution in [3.05, 3.63) is 72.9 Å². The molecule has 0 saturated heterocycles. The fourth-order valence-corrected chi connectivity index (χ4v) is 6.34. The Morgan fingerprint density at radius 1 is 0.362 bits per heavy atom. The highest BCUT2D eigenvalue weighted by Crippen LogP contribution is 2.13. The van der Waals surface area contributed by atoms with Crippen LogP contribution < -0.4 is 0 Å². The molecule has 58 heavy (non-hydrogen) atoms. The van der Waals surface area contributed by atoms with Crippen molar-refractivity contribution in [3.63, 3.8) is 0 Å². The van der Waals surface area contributed by atoms with Crippen LogP contribution in [-0.4, -0.2) is 37.2 Å². The molecule has 1 unspecified atom stereocenters. The smallest absolute Gasteiger partial charge is 0.306 e. The monoisotopic (exact) mass is 809 g/mol. The Kier molecular flexibility index (Phi) is 44.0. The number of carbonyl (C=O) groups excluding carboxylic acids is 3. The van der Waals surface area contributed by atoms with Gasteiger partial charge in [-0.2, -0.15) is 0 Å². The lowest BCUT2D eigenvalue weighted by atomic mass is 10.1. The standard InChI is InChI=1S/C52H88O6/c1-4-7-10-13-16-18-20-22-24-26-28-30-32-34-36-39-42-45-51(54)57-48-49(47-56-50(53)44-41-38-15-12-9-6-3)58-52(55)46-43-40-37-35-33-31-29-27-25-23-21-19-17-14-11-8-5-2/h7,10,16-19,22-25,28,30,49H,4-6,8-9,11-15,20-21,26-27,29,31-48H2,1-3H3/b10-7-,18-16-,19-17-,24-22-,25-23-,30-28-. The predicted molar refractivity (Wildman–Crippen MR) is 247 cm³/mol. The predicted octanol–water partition coefficient (Wildman–Crippen LogP) is 15.5.